The van der Waals surface area contributed by atoms with Crippen molar-refractivity contribution < 1.29 is 0 Å². The van der Waals surface area contributed by atoms with Crippen molar-refractivity contribution >= 4 is 33.4 Å². The van der Waals surface area contributed by atoms with Crippen molar-refractivity contribution in [2.24, 2.45) is 9.98 Å². The lowest BCUT2D eigenvalue weighted by Crippen LogP contribution is -2.06. The van der Waals surface area contributed by atoms with E-state index in [0.717, 1.165) is 40.1 Å². The maximum atomic E-state index is 4.94. The van der Waals surface area contributed by atoms with Gasteiger partial charge in [-0.3, -0.25) is 4.99 Å². The van der Waals surface area contributed by atoms with E-state index in [-0.39, 0.29) is 0 Å². The Kier molecular flexibility index (Phi) is 4.41. The third kappa shape index (κ3) is 3.07. The van der Waals surface area contributed by atoms with E-state index in [0.29, 0.717) is 12.6 Å². The van der Waals surface area contributed by atoms with Crippen LogP contribution in [0, 0.1) is 0 Å². The van der Waals surface area contributed by atoms with E-state index in [9.17, 15) is 0 Å². The van der Waals surface area contributed by atoms with Crippen molar-refractivity contribution in [3.05, 3.63) is 71.3 Å². The van der Waals surface area contributed by atoms with Crippen LogP contribution < -0.4 is 0 Å². The van der Waals surface area contributed by atoms with Crippen molar-refractivity contribution in [3.63, 3.8) is 0 Å². The molecule has 2 aliphatic rings. The first-order chi connectivity index (χ1) is 15.3. The van der Waals surface area contributed by atoms with Crippen molar-refractivity contribution in [1.82, 2.24) is 15.0 Å². The number of hydrogen-bond acceptors (Lipinski definition) is 4. The number of rotatable bonds is 4. The Balaban J connectivity index is 1.35. The summed E-state index contributed by atoms with van der Waals surface area (Å²) in [5.74, 6) is 0.823. The van der Waals surface area contributed by atoms with Crippen molar-refractivity contribution in [1.29, 1.82) is 0 Å². The van der Waals surface area contributed by atoms with Gasteiger partial charge in [0.05, 0.1) is 23.8 Å². The zero-order valence-corrected chi connectivity index (χ0v) is 17.8. The number of aromatic nitrogens is 3. The van der Waals surface area contributed by atoms with Gasteiger partial charge in [-0.25, -0.2) is 9.67 Å². The molecule has 1 aliphatic heterocycles. The van der Waals surface area contributed by atoms with E-state index in [1.54, 1.807) is 0 Å². The third-order valence-electron chi connectivity index (χ3n) is 6.73. The van der Waals surface area contributed by atoms with Crippen LogP contribution in [0.3, 0.4) is 0 Å². The van der Waals surface area contributed by atoms with Crippen LogP contribution in [-0.4, -0.2) is 33.1 Å². The molecule has 3 aromatic carbocycles. The van der Waals surface area contributed by atoms with Crippen LogP contribution in [-0.2, 0) is 6.42 Å². The van der Waals surface area contributed by atoms with E-state index in [2.05, 4.69) is 76.5 Å². The minimum atomic E-state index is 0.494. The molecule has 0 radical (unpaired) electrons. The molecular weight excluding hydrogens is 382 g/mol. The summed E-state index contributed by atoms with van der Waals surface area (Å²) in [7, 11) is 0. The summed E-state index contributed by atoms with van der Waals surface area (Å²) in [6, 6.07) is 19.8. The summed E-state index contributed by atoms with van der Waals surface area (Å²) < 4.78 is 2.12. The molecule has 0 spiro atoms. The van der Waals surface area contributed by atoms with Gasteiger partial charge in [0.1, 0.15) is 5.52 Å². The predicted molar refractivity (Wildman–Crippen MR) is 126 cm³/mol. The lowest BCUT2D eigenvalue weighted by atomic mass is 9.98. The number of amidine groups is 1. The highest BCUT2D eigenvalue weighted by Gasteiger charge is 2.21. The maximum Gasteiger partial charge on any atom is 0.155 e. The highest BCUT2D eigenvalue weighted by atomic mass is 15.4. The average molecular weight is 408 g/mol. The number of aryl methyl sites for hydroxylation is 1. The van der Waals surface area contributed by atoms with Gasteiger partial charge < -0.3 is 0 Å². The first-order valence-electron chi connectivity index (χ1n) is 11.3. The summed E-state index contributed by atoms with van der Waals surface area (Å²) in [6.07, 6.45) is 6.00. The number of aliphatic imine (C=N–C) groups is 2. The van der Waals surface area contributed by atoms with Gasteiger partial charge in [-0.2, -0.15) is 0 Å². The predicted octanol–water partition coefficient (Wildman–Crippen LogP) is 5.51. The molecule has 0 bridgehead atoms. The standard InChI is InChI=1S/C26H25N5/c1-2-17-11-13-22(21-10-6-5-9-20(17)21)26-27-16-24(28-26)18-12-14-25-23(15-18)29-30-31(25)19-7-3-4-8-19/h5-6,9-15,19H,2-4,7-8,16H2,1H3. The summed E-state index contributed by atoms with van der Waals surface area (Å²) in [6.45, 7) is 2.80. The van der Waals surface area contributed by atoms with Crippen molar-refractivity contribution in [3.8, 4) is 0 Å². The Hall–Kier alpha value is -3.34. The molecule has 154 valence electrons. The van der Waals surface area contributed by atoms with Gasteiger partial charge in [-0.1, -0.05) is 67.4 Å². The lowest BCUT2D eigenvalue weighted by Gasteiger charge is -2.10. The molecule has 0 amide bonds. The molecule has 1 saturated carbocycles. The second-order valence-electron chi connectivity index (χ2n) is 8.55. The van der Waals surface area contributed by atoms with Crippen LogP contribution in [0.1, 0.15) is 55.3 Å². The van der Waals surface area contributed by atoms with Crippen LogP contribution >= 0.6 is 0 Å². The molecular formula is C26H25N5. The summed E-state index contributed by atoms with van der Waals surface area (Å²) in [5, 5.41) is 11.4. The van der Waals surface area contributed by atoms with Gasteiger partial charge in [-0.15, -0.1) is 5.10 Å². The van der Waals surface area contributed by atoms with E-state index in [1.165, 1.54) is 42.0 Å². The van der Waals surface area contributed by atoms with Crippen LogP contribution in [0.4, 0.5) is 0 Å². The summed E-state index contributed by atoms with van der Waals surface area (Å²) in [5.41, 5.74) is 6.61. The molecule has 2 heterocycles. The Morgan fingerprint density at radius 1 is 0.968 bits per heavy atom. The SMILES string of the molecule is CCc1ccc(C2=NCC(c3ccc4c(c3)nnn4C3CCCC3)=N2)c2ccccc12. The molecule has 0 saturated heterocycles. The highest BCUT2D eigenvalue weighted by molar-refractivity contribution is 6.21. The Bertz CT molecular complexity index is 1360. The molecule has 5 heteroatoms. The second kappa shape index (κ2) is 7.41. The highest BCUT2D eigenvalue weighted by Crippen LogP contribution is 2.31. The molecule has 4 aromatic rings. The zero-order chi connectivity index (χ0) is 20.8. The van der Waals surface area contributed by atoms with E-state index in [1.807, 2.05) is 0 Å². The van der Waals surface area contributed by atoms with Gasteiger partial charge >= 0.3 is 0 Å². The minimum Gasteiger partial charge on any atom is -0.260 e. The van der Waals surface area contributed by atoms with E-state index >= 15 is 0 Å². The van der Waals surface area contributed by atoms with Crippen molar-refractivity contribution in [2.45, 2.75) is 45.1 Å². The largest absolute Gasteiger partial charge is 0.260 e. The normalized spacial score (nSPS) is 16.9. The fourth-order valence-electron chi connectivity index (χ4n) is 5.05. The van der Waals surface area contributed by atoms with E-state index in [4.69, 9.17) is 9.98 Å². The number of hydrogen-bond donors (Lipinski definition) is 0. The Labute approximate surface area is 181 Å². The smallest absolute Gasteiger partial charge is 0.155 e. The third-order valence-corrected chi connectivity index (χ3v) is 6.73. The molecule has 0 unspecified atom stereocenters. The first-order valence-corrected chi connectivity index (χ1v) is 11.3. The lowest BCUT2D eigenvalue weighted by molar-refractivity contribution is 0.467. The number of benzene rings is 3. The van der Waals surface area contributed by atoms with Gasteiger partial charge in [0.2, 0.25) is 0 Å². The second-order valence-corrected chi connectivity index (χ2v) is 8.55. The number of fused-ring (bicyclic) bond motifs is 2. The number of nitrogens with zero attached hydrogens (tertiary/aromatic N) is 5. The Morgan fingerprint density at radius 3 is 2.65 bits per heavy atom. The fraction of sp³-hybridized carbons (Fsp3) is 0.308. The molecule has 31 heavy (non-hydrogen) atoms. The molecule has 0 atom stereocenters. The summed E-state index contributed by atoms with van der Waals surface area (Å²) >= 11 is 0. The van der Waals surface area contributed by atoms with Gasteiger partial charge in [-0.05, 0) is 47.7 Å². The van der Waals surface area contributed by atoms with Crippen LogP contribution in [0.5, 0.6) is 0 Å². The topological polar surface area (TPSA) is 55.4 Å². The average Bonchev–Trinajstić information content (AvgIpc) is 3.58. The summed E-state index contributed by atoms with van der Waals surface area (Å²) in [4.78, 5) is 9.73. The van der Waals surface area contributed by atoms with E-state index < -0.39 is 0 Å². The van der Waals surface area contributed by atoms with Crippen molar-refractivity contribution in [2.75, 3.05) is 6.54 Å². The van der Waals surface area contributed by atoms with Crippen LogP contribution in [0.2, 0.25) is 0 Å². The minimum absolute atomic E-state index is 0.494. The molecule has 0 N–H and O–H groups in total. The van der Waals surface area contributed by atoms with Gasteiger partial charge in [0, 0.05) is 11.1 Å². The zero-order valence-electron chi connectivity index (χ0n) is 17.8. The Morgan fingerprint density at radius 2 is 1.81 bits per heavy atom. The monoisotopic (exact) mass is 407 g/mol. The fourth-order valence-corrected chi connectivity index (χ4v) is 5.05. The maximum absolute atomic E-state index is 4.94. The molecule has 5 nitrogen and oxygen atoms in total. The van der Waals surface area contributed by atoms with Gasteiger partial charge in [0.15, 0.2) is 5.84 Å². The molecule has 1 aliphatic carbocycles. The van der Waals surface area contributed by atoms with Crippen LogP contribution in [0.15, 0.2) is 64.6 Å². The van der Waals surface area contributed by atoms with Gasteiger partial charge in [0.25, 0.3) is 0 Å². The molecule has 1 aromatic heterocycles. The van der Waals surface area contributed by atoms with Crippen LogP contribution in [0.25, 0.3) is 21.8 Å². The first kappa shape index (κ1) is 18.4. The quantitative estimate of drug-likeness (QED) is 0.448. The molecule has 1 fully saturated rings. The molecule has 6 rings (SSSR count).